The summed E-state index contributed by atoms with van der Waals surface area (Å²) in [5.41, 5.74) is 2.52. The van der Waals surface area contributed by atoms with Gasteiger partial charge in [-0.05, 0) is 36.8 Å². The fourth-order valence-corrected chi connectivity index (χ4v) is 2.37. The van der Waals surface area contributed by atoms with Crippen LogP contribution in [-0.2, 0) is 0 Å². The molecule has 1 aliphatic rings. The van der Waals surface area contributed by atoms with Crippen molar-refractivity contribution in [2.45, 2.75) is 6.92 Å². The Bertz CT molecular complexity index is 747. The average Bonchev–Trinajstić information content (AvgIpc) is 2.70. The van der Waals surface area contributed by atoms with Crippen molar-refractivity contribution >= 4 is 17.2 Å². The lowest BCUT2D eigenvalue weighted by atomic mass is 10.0. The van der Waals surface area contributed by atoms with Crippen LogP contribution in [0.15, 0.2) is 42.5 Å². The molecule has 0 amide bonds. The van der Waals surface area contributed by atoms with Crippen LogP contribution in [0.25, 0.3) is 0 Å². The second kappa shape index (κ2) is 4.49. The molecule has 2 aromatic carbocycles. The molecule has 1 heterocycles. The number of fused-ring (bicyclic) bond motifs is 1. The van der Waals surface area contributed by atoms with Crippen molar-refractivity contribution < 1.29 is 14.3 Å². The second-order valence-corrected chi connectivity index (χ2v) is 4.72. The van der Waals surface area contributed by atoms with Gasteiger partial charge in [0.1, 0.15) is 11.3 Å². The largest absolute Gasteiger partial charge is 0.618 e. The third-order valence-corrected chi connectivity index (χ3v) is 3.38. The van der Waals surface area contributed by atoms with Gasteiger partial charge in [-0.15, -0.1) is 0 Å². The molecule has 0 radical (unpaired) electrons. The van der Waals surface area contributed by atoms with Crippen molar-refractivity contribution in [3.8, 4) is 5.75 Å². The Morgan fingerprint density at radius 3 is 2.70 bits per heavy atom. The van der Waals surface area contributed by atoms with E-state index in [1.165, 1.54) is 0 Å². The number of carbonyl (C=O) groups excluding carboxylic acids is 1. The standard InChI is InChI=1S/C16H13NO3/c1-10-6-7-14-13(8-10)16(18)15(17(14)19)11-4-3-5-12(9-11)20-2/h3-9H,1-2H3. The maximum absolute atomic E-state index is 12.4. The second-order valence-electron chi connectivity index (χ2n) is 4.72. The first-order valence-electron chi connectivity index (χ1n) is 6.26. The zero-order chi connectivity index (χ0) is 14.3. The smallest absolute Gasteiger partial charge is 0.273 e. The van der Waals surface area contributed by atoms with Crippen molar-refractivity contribution in [3.63, 3.8) is 0 Å². The van der Waals surface area contributed by atoms with Crippen molar-refractivity contribution in [3.05, 3.63) is 64.4 Å². The number of rotatable bonds is 2. The van der Waals surface area contributed by atoms with Crippen LogP contribution in [0, 0.1) is 12.1 Å². The van der Waals surface area contributed by atoms with Crippen LogP contribution in [0.5, 0.6) is 5.75 Å². The predicted octanol–water partition coefficient (Wildman–Crippen LogP) is 2.83. The summed E-state index contributed by atoms with van der Waals surface area (Å²) < 4.78 is 5.84. The average molecular weight is 267 g/mol. The Balaban J connectivity index is 2.16. The Morgan fingerprint density at radius 1 is 1.15 bits per heavy atom. The molecule has 4 nitrogen and oxygen atoms in total. The summed E-state index contributed by atoms with van der Waals surface area (Å²) in [6.07, 6.45) is 0. The van der Waals surface area contributed by atoms with Gasteiger partial charge in [0.2, 0.25) is 5.69 Å². The van der Waals surface area contributed by atoms with Gasteiger partial charge < -0.3 is 9.94 Å². The van der Waals surface area contributed by atoms with Crippen LogP contribution in [0.4, 0.5) is 5.69 Å². The van der Waals surface area contributed by atoms with Gasteiger partial charge in [0.15, 0.2) is 0 Å². The minimum Gasteiger partial charge on any atom is -0.618 e. The number of ether oxygens (including phenoxy) is 1. The number of Topliss-reactive ketones (excluding diaryl/α,β-unsaturated/α-hetero) is 1. The molecular formula is C16H13NO3. The minimum atomic E-state index is -0.244. The van der Waals surface area contributed by atoms with E-state index in [0.29, 0.717) is 27.3 Å². The molecule has 0 aliphatic carbocycles. The van der Waals surface area contributed by atoms with Gasteiger partial charge in [0, 0.05) is 6.07 Å². The first-order valence-corrected chi connectivity index (χ1v) is 6.26. The van der Waals surface area contributed by atoms with Crippen LogP contribution in [0.3, 0.4) is 0 Å². The zero-order valence-electron chi connectivity index (χ0n) is 11.2. The molecule has 2 aromatic rings. The lowest BCUT2D eigenvalue weighted by molar-refractivity contribution is -0.355. The van der Waals surface area contributed by atoms with E-state index in [4.69, 9.17) is 4.74 Å². The van der Waals surface area contributed by atoms with E-state index in [9.17, 15) is 10.0 Å². The predicted molar refractivity (Wildman–Crippen MR) is 75.9 cm³/mol. The fraction of sp³-hybridized carbons (Fsp3) is 0.125. The topological polar surface area (TPSA) is 52.4 Å². The summed E-state index contributed by atoms with van der Waals surface area (Å²) in [5, 5.41) is 12.3. The number of hydrogen-bond donors (Lipinski definition) is 0. The van der Waals surface area contributed by atoms with Crippen molar-refractivity contribution in [1.29, 1.82) is 0 Å². The molecule has 3 rings (SSSR count). The highest BCUT2D eigenvalue weighted by Gasteiger charge is 2.36. The molecule has 0 spiro atoms. The maximum Gasteiger partial charge on any atom is 0.273 e. The Hall–Kier alpha value is -2.62. The summed E-state index contributed by atoms with van der Waals surface area (Å²) in [4.78, 5) is 12.4. The van der Waals surface area contributed by atoms with Crippen LogP contribution < -0.4 is 4.74 Å². The van der Waals surface area contributed by atoms with E-state index in [2.05, 4.69) is 0 Å². The van der Waals surface area contributed by atoms with Crippen LogP contribution in [0.2, 0.25) is 0 Å². The summed E-state index contributed by atoms with van der Waals surface area (Å²) in [6, 6.07) is 12.2. The highest BCUT2D eigenvalue weighted by Crippen LogP contribution is 2.29. The summed E-state index contributed by atoms with van der Waals surface area (Å²) in [7, 11) is 1.55. The van der Waals surface area contributed by atoms with Gasteiger partial charge in [0.25, 0.3) is 11.5 Å². The minimum absolute atomic E-state index is 0.143. The van der Waals surface area contributed by atoms with Crippen molar-refractivity contribution in [2.75, 3.05) is 7.11 Å². The highest BCUT2D eigenvalue weighted by atomic mass is 16.5. The van der Waals surface area contributed by atoms with Gasteiger partial charge in [-0.1, -0.05) is 12.1 Å². The SMILES string of the molecule is COc1cccc(C2=[N+]([O-])c3ccc(C)cc3C2=O)c1. The Kier molecular flexibility index (Phi) is 2.79. The zero-order valence-corrected chi connectivity index (χ0v) is 11.2. The number of methoxy groups -OCH3 is 1. The van der Waals surface area contributed by atoms with Gasteiger partial charge in [-0.25, -0.2) is 0 Å². The molecule has 0 atom stereocenters. The molecule has 0 aromatic heterocycles. The number of benzene rings is 2. The summed E-state index contributed by atoms with van der Waals surface area (Å²) in [5.74, 6) is 0.371. The van der Waals surface area contributed by atoms with Gasteiger partial charge >= 0.3 is 0 Å². The number of hydrogen-bond acceptors (Lipinski definition) is 3. The summed E-state index contributed by atoms with van der Waals surface area (Å²) in [6.45, 7) is 1.90. The number of nitrogens with zero attached hydrogens (tertiary/aromatic N) is 1. The monoisotopic (exact) mass is 267 g/mol. The molecule has 1 aliphatic heterocycles. The summed E-state index contributed by atoms with van der Waals surface area (Å²) >= 11 is 0. The molecule has 100 valence electrons. The van der Waals surface area contributed by atoms with Crippen molar-refractivity contribution in [1.82, 2.24) is 0 Å². The third-order valence-electron chi connectivity index (χ3n) is 3.38. The third kappa shape index (κ3) is 1.77. The Labute approximate surface area is 116 Å². The Morgan fingerprint density at radius 2 is 1.95 bits per heavy atom. The van der Waals surface area contributed by atoms with Crippen LogP contribution >= 0.6 is 0 Å². The quantitative estimate of drug-likeness (QED) is 0.621. The highest BCUT2D eigenvalue weighted by molar-refractivity contribution is 6.52. The molecule has 0 N–H and O–H groups in total. The van der Waals surface area contributed by atoms with Gasteiger partial charge in [-0.3, -0.25) is 4.79 Å². The number of ketones is 1. The van der Waals surface area contributed by atoms with E-state index < -0.39 is 0 Å². The lowest BCUT2D eigenvalue weighted by Crippen LogP contribution is -2.16. The molecule has 0 unspecified atom stereocenters. The number of carbonyl (C=O) groups is 1. The molecule has 0 saturated carbocycles. The lowest BCUT2D eigenvalue weighted by Gasteiger charge is -2.04. The fourth-order valence-electron chi connectivity index (χ4n) is 2.37. The first kappa shape index (κ1) is 12.4. The molecule has 20 heavy (non-hydrogen) atoms. The number of aryl methyl sites for hydroxylation is 1. The van der Waals surface area contributed by atoms with Crippen molar-refractivity contribution in [2.24, 2.45) is 0 Å². The first-order chi connectivity index (χ1) is 9.61. The van der Waals surface area contributed by atoms with E-state index in [0.717, 1.165) is 5.56 Å². The van der Waals surface area contributed by atoms with E-state index in [-0.39, 0.29) is 11.5 Å². The molecule has 0 bridgehead atoms. The van der Waals surface area contributed by atoms with E-state index in [1.807, 2.05) is 13.0 Å². The molecular weight excluding hydrogens is 254 g/mol. The van der Waals surface area contributed by atoms with Gasteiger partial charge in [0.05, 0.1) is 12.7 Å². The van der Waals surface area contributed by atoms with E-state index in [1.54, 1.807) is 43.5 Å². The van der Waals surface area contributed by atoms with Gasteiger partial charge in [-0.2, -0.15) is 4.74 Å². The normalized spacial score (nSPS) is 13.6. The maximum atomic E-state index is 12.4. The van der Waals surface area contributed by atoms with Crippen LogP contribution in [0.1, 0.15) is 21.5 Å². The molecule has 4 heteroatoms. The molecule has 0 saturated heterocycles. The molecule has 0 fully saturated rings. The van der Waals surface area contributed by atoms with Crippen LogP contribution in [-0.4, -0.2) is 23.3 Å². The van der Waals surface area contributed by atoms with E-state index >= 15 is 0 Å².